The zero-order valence-corrected chi connectivity index (χ0v) is 19.8. The fourth-order valence-corrected chi connectivity index (χ4v) is 8.89. The molecule has 4 aliphatic rings. The van der Waals surface area contributed by atoms with E-state index in [2.05, 4.69) is 33.8 Å². The molecule has 0 unspecified atom stereocenters. The van der Waals surface area contributed by atoms with Gasteiger partial charge in [0.05, 0.1) is 7.11 Å². The van der Waals surface area contributed by atoms with Crippen LogP contribution in [0.15, 0.2) is 11.6 Å². The molecule has 0 saturated heterocycles. The second kappa shape index (κ2) is 8.10. The molecule has 0 aromatic carbocycles. The number of allylic oxidation sites excluding steroid dienone is 2. The Morgan fingerprint density at radius 1 is 1.13 bits per heavy atom. The number of Topliss-reactive ketones (excluding diaryl/α,β-unsaturated/α-hetero) is 1. The molecule has 0 bridgehead atoms. The minimum Gasteiger partial charge on any atom is -0.469 e. The number of carbonyl (C=O) groups is 2. The van der Waals surface area contributed by atoms with Crippen LogP contribution in [-0.4, -0.2) is 18.9 Å². The minimum atomic E-state index is -0.0684. The molecule has 0 aliphatic heterocycles. The summed E-state index contributed by atoms with van der Waals surface area (Å²) in [6.45, 7) is 9.67. The van der Waals surface area contributed by atoms with Crippen molar-refractivity contribution in [2.75, 3.05) is 7.11 Å². The van der Waals surface area contributed by atoms with Gasteiger partial charge in [-0.2, -0.15) is 0 Å². The first-order chi connectivity index (χ1) is 14.2. The Morgan fingerprint density at radius 2 is 1.87 bits per heavy atom. The smallest absolute Gasteiger partial charge is 0.305 e. The fraction of sp³-hybridized carbons (Fsp3) is 0.852. The maximum atomic E-state index is 12.3. The standard InChI is InChI=1S/C27H42O3/c1-6-18-15-20-22-9-8-21(17(2)7-10-25(29)30-5)26(22,3)14-12-23(20)27(4)13-11-19(28)16-24(18)27/h6,17,20-24H,7-16H2,1-5H3/b18-6+/t17-,20+,21-,22+,23+,24+,26-,27-/m1/s1. The van der Waals surface area contributed by atoms with E-state index in [9.17, 15) is 9.59 Å². The van der Waals surface area contributed by atoms with E-state index in [1.165, 1.54) is 39.2 Å². The molecule has 0 aromatic heterocycles. The molecule has 168 valence electrons. The summed E-state index contributed by atoms with van der Waals surface area (Å²) < 4.78 is 4.89. The summed E-state index contributed by atoms with van der Waals surface area (Å²) in [7, 11) is 1.50. The summed E-state index contributed by atoms with van der Waals surface area (Å²) in [6.07, 6.45) is 13.1. The van der Waals surface area contributed by atoms with Crippen LogP contribution < -0.4 is 0 Å². The molecular formula is C27H42O3. The van der Waals surface area contributed by atoms with Gasteiger partial charge in [-0.1, -0.05) is 32.4 Å². The van der Waals surface area contributed by atoms with Crippen LogP contribution in [0.3, 0.4) is 0 Å². The SMILES string of the molecule is C/C=C1\C[C@@H]2[C@H](CC[C@]3(C)[C@@H]([C@H](C)CCC(=O)OC)CC[C@@H]23)[C@@]2(C)CCC(=O)C[C@@H]12. The van der Waals surface area contributed by atoms with Crippen molar-refractivity contribution < 1.29 is 14.3 Å². The molecule has 0 spiro atoms. The van der Waals surface area contributed by atoms with Crippen LogP contribution in [0.5, 0.6) is 0 Å². The predicted octanol–water partition coefficient (Wildman–Crippen LogP) is 6.36. The predicted molar refractivity (Wildman–Crippen MR) is 120 cm³/mol. The Hall–Kier alpha value is -1.12. The molecule has 0 heterocycles. The molecule has 0 N–H and O–H groups in total. The highest BCUT2D eigenvalue weighted by Crippen LogP contribution is 2.69. The van der Waals surface area contributed by atoms with E-state index in [-0.39, 0.29) is 5.97 Å². The van der Waals surface area contributed by atoms with Crippen molar-refractivity contribution in [3.05, 3.63) is 11.6 Å². The average molecular weight is 415 g/mol. The summed E-state index contributed by atoms with van der Waals surface area (Å²) in [6, 6.07) is 0. The molecular weight excluding hydrogens is 372 g/mol. The third-order valence-electron chi connectivity index (χ3n) is 10.5. The second-order valence-corrected chi connectivity index (χ2v) is 11.6. The summed E-state index contributed by atoms with van der Waals surface area (Å²) in [5.74, 6) is 4.57. The number of hydrogen-bond donors (Lipinski definition) is 0. The minimum absolute atomic E-state index is 0.0684. The van der Waals surface area contributed by atoms with E-state index in [0.717, 1.165) is 49.4 Å². The molecule has 4 aliphatic carbocycles. The molecule has 3 heteroatoms. The average Bonchev–Trinajstić information content (AvgIpc) is 3.09. The highest BCUT2D eigenvalue weighted by molar-refractivity contribution is 5.80. The number of fused-ring (bicyclic) bond motifs is 5. The summed E-state index contributed by atoms with van der Waals surface area (Å²) >= 11 is 0. The van der Waals surface area contributed by atoms with Gasteiger partial charge in [0.25, 0.3) is 0 Å². The monoisotopic (exact) mass is 414 g/mol. The Balaban J connectivity index is 1.56. The fourth-order valence-electron chi connectivity index (χ4n) is 8.89. The zero-order valence-electron chi connectivity index (χ0n) is 19.8. The van der Waals surface area contributed by atoms with Crippen LogP contribution in [0.2, 0.25) is 0 Å². The number of carbonyl (C=O) groups excluding carboxylic acids is 2. The lowest BCUT2D eigenvalue weighted by molar-refractivity contribution is -0.141. The van der Waals surface area contributed by atoms with Gasteiger partial charge in [0.1, 0.15) is 5.78 Å². The number of esters is 1. The maximum Gasteiger partial charge on any atom is 0.305 e. The van der Waals surface area contributed by atoms with Gasteiger partial charge in [-0.05, 0) is 98.2 Å². The number of methoxy groups -OCH3 is 1. The van der Waals surface area contributed by atoms with Crippen molar-refractivity contribution in [2.45, 2.75) is 91.9 Å². The number of ketones is 1. The molecule has 8 atom stereocenters. The van der Waals surface area contributed by atoms with Gasteiger partial charge >= 0.3 is 5.97 Å². The van der Waals surface area contributed by atoms with Crippen LogP contribution in [0, 0.1) is 46.3 Å². The molecule has 4 fully saturated rings. The van der Waals surface area contributed by atoms with E-state index in [1.807, 2.05) is 0 Å². The highest BCUT2D eigenvalue weighted by Gasteiger charge is 2.61. The van der Waals surface area contributed by atoms with Gasteiger partial charge in [0.2, 0.25) is 0 Å². The van der Waals surface area contributed by atoms with Gasteiger partial charge in [-0.25, -0.2) is 0 Å². The van der Waals surface area contributed by atoms with Crippen molar-refractivity contribution in [1.82, 2.24) is 0 Å². The van der Waals surface area contributed by atoms with E-state index in [4.69, 9.17) is 4.74 Å². The lowest BCUT2D eigenvalue weighted by Gasteiger charge is -2.61. The Bertz CT molecular complexity index is 724. The number of rotatable bonds is 4. The molecule has 0 radical (unpaired) electrons. The first-order valence-corrected chi connectivity index (χ1v) is 12.5. The maximum absolute atomic E-state index is 12.3. The quantitative estimate of drug-likeness (QED) is 0.397. The Morgan fingerprint density at radius 3 is 2.57 bits per heavy atom. The third-order valence-corrected chi connectivity index (χ3v) is 10.5. The van der Waals surface area contributed by atoms with Gasteiger partial charge < -0.3 is 4.74 Å². The van der Waals surface area contributed by atoms with Crippen LogP contribution in [-0.2, 0) is 14.3 Å². The Kier molecular flexibility index (Phi) is 5.96. The molecule has 0 amide bonds. The van der Waals surface area contributed by atoms with Crippen LogP contribution in [0.25, 0.3) is 0 Å². The summed E-state index contributed by atoms with van der Waals surface area (Å²) in [4.78, 5) is 24.0. The largest absolute Gasteiger partial charge is 0.469 e. The number of hydrogen-bond acceptors (Lipinski definition) is 3. The van der Waals surface area contributed by atoms with Crippen LogP contribution >= 0.6 is 0 Å². The summed E-state index contributed by atoms with van der Waals surface area (Å²) in [5.41, 5.74) is 2.30. The molecule has 3 nitrogen and oxygen atoms in total. The lowest BCUT2D eigenvalue weighted by atomic mass is 9.43. The normalized spacial score (nSPS) is 45.4. The lowest BCUT2D eigenvalue weighted by Crippen LogP contribution is -2.54. The third kappa shape index (κ3) is 3.39. The van der Waals surface area contributed by atoms with Crippen molar-refractivity contribution >= 4 is 11.8 Å². The molecule has 4 rings (SSSR count). The van der Waals surface area contributed by atoms with Gasteiger partial charge in [0.15, 0.2) is 0 Å². The van der Waals surface area contributed by atoms with Crippen molar-refractivity contribution in [1.29, 1.82) is 0 Å². The first kappa shape index (κ1) is 22.1. The van der Waals surface area contributed by atoms with Crippen molar-refractivity contribution in [2.24, 2.45) is 46.3 Å². The van der Waals surface area contributed by atoms with Gasteiger partial charge in [0, 0.05) is 19.3 Å². The van der Waals surface area contributed by atoms with E-state index < -0.39 is 0 Å². The van der Waals surface area contributed by atoms with E-state index in [1.54, 1.807) is 5.57 Å². The number of ether oxygens (including phenoxy) is 1. The topological polar surface area (TPSA) is 43.4 Å². The van der Waals surface area contributed by atoms with Crippen molar-refractivity contribution in [3.8, 4) is 0 Å². The van der Waals surface area contributed by atoms with Crippen LogP contribution in [0.1, 0.15) is 91.9 Å². The molecule has 30 heavy (non-hydrogen) atoms. The zero-order chi connectivity index (χ0) is 21.7. The van der Waals surface area contributed by atoms with Crippen molar-refractivity contribution in [3.63, 3.8) is 0 Å². The van der Waals surface area contributed by atoms with E-state index >= 15 is 0 Å². The Labute approximate surface area is 183 Å². The highest BCUT2D eigenvalue weighted by atomic mass is 16.5. The van der Waals surface area contributed by atoms with Gasteiger partial charge in [-0.3, -0.25) is 9.59 Å². The molecule has 0 aromatic rings. The van der Waals surface area contributed by atoms with E-state index in [0.29, 0.717) is 34.9 Å². The van der Waals surface area contributed by atoms with Crippen LogP contribution in [0.4, 0.5) is 0 Å². The van der Waals surface area contributed by atoms with Gasteiger partial charge in [-0.15, -0.1) is 0 Å². The summed E-state index contributed by atoms with van der Waals surface area (Å²) in [5, 5.41) is 0. The second-order valence-electron chi connectivity index (χ2n) is 11.6. The molecule has 4 saturated carbocycles. The first-order valence-electron chi connectivity index (χ1n) is 12.5.